The summed E-state index contributed by atoms with van der Waals surface area (Å²) in [6.07, 6.45) is -2.35. The molecule has 1 heterocycles. The van der Waals surface area contributed by atoms with E-state index in [-0.39, 0.29) is 0 Å². The first-order chi connectivity index (χ1) is 6.99. The van der Waals surface area contributed by atoms with Crippen molar-refractivity contribution in [2.45, 2.75) is 6.43 Å². The van der Waals surface area contributed by atoms with E-state index in [9.17, 15) is 13.6 Å². The lowest BCUT2D eigenvalue weighted by atomic mass is 10.1. The van der Waals surface area contributed by atoms with Crippen molar-refractivity contribution in [2.24, 2.45) is 0 Å². The molecule has 0 saturated carbocycles. The number of alkyl halides is 2. The number of aromatic nitrogens is 1. The van der Waals surface area contributed by atoms with E-state index in [1.807, 2.05) is 0 Å². The third kappa shape index (κ3) is 1.95. The lowest BCUT2D eigenvalue weighted by Gasteiger charge is -2.10. The largest absolute Gasteiger partial charge is 0.503 e. The molecule has 0 saturated heterocycles. The van der Waals surface area contributed by atoms with Gasteiger partial charge in [-0.3, -0.25) is 0 Å². The zero-order valence-electron chi connectivity index (χ0n) is 7.57. The Hall–Kier alpha value is -1.92. The molecular formula is C8H7F2NO4. The summed E-state index contributed by atoms with van der Waals surface area (Å²) in [7, 11) is 1.05. The molecule has 15 heavy (non-hydrogen) atoms. The fourth-order valence-corrected chi connectivity index (χ4v) is 1.09. The third-order valence-electron chi connectivity index (χ3n) is 1.67. The van der Waals surface area contributed by atoms with E-state index in [2.05, 4.69) is 9.72 Å². The van der Waals surface area contributed by atoms with Gasteiger partial charge >= 0.3 is 5.97 Å². The van der Waals surface area contributed by atoms with Crippen LogP contribution in [0.1, 0.15) is 22.5 Å². The van der Waals surface area contributed by atoms with Gasteiger partial charge in [-0.15, -0.1) is 0 Å². The molecule has 0 aliphatic heterocycles. The van der Waals surface area contributed by atoms with Gasteiger partial charge in [0.2, 0.25) is 0 Å². The first kappa shape index (κ1) is 11.2. The summed E-state index contributed by atoms with van der Waals surface area (Å²) in [6, 6.07) is 0. The van der Waals surface area contributed by atoms with Crippen LogP contribution in [0, 0.1) is 0 Å². The maximum atomic E-state index is 12.5. The van der Waals surface area contributed by atoms with Gasteiger partial charge in [-0.2, -0.15) is 0 Å². The summed E-state index contributed by atoms with van der Waals surface area (Å²) in [5, 5.41) is 17.7. The smallest absolute Gasteiger partial charge is 0.355 e. The van der Waals surface area contributed by atoms with Crippen LogP contribution >= 0.6 is 0 Å². The number of aromatic carboxylic acids is 1. The van der Waals surface area contributed by atoms with E-state index >= 15 is 0 Å². The number of carbonyl (C=O) groups is 1. The van der Waals surface area contributed by atoms with Crippen LogP contribution in [0.5, 0.6) is 11.5 Å². The highest BCUT2D eigenvalue weighted by Crippen LogP contribution is 2.37. The first-order valence-corrected chi connectivity index (χ1v) is 3.76. The topological polar surface area (TPSA) is 79.7 Å². The van der Waals surface area contributed by atoms with Crippen LogP contribution in [-0.4, -0.2) is 28.3 Å². The molecule has 82 valence electrons. The first-order valence-electron chi connectivity index (χ1n) is 3.76. The molecule has 0 fully saturated rings. The molecule has 7 heteroatoms. The highest BCUT2D eigenvalue weighted by molar-refractivity contribution is 5.88. The molecule has 0 aliphatic carbocycles. The summed E-state index contributed by atoms with van der Waals surface area (Å²) in [4.78, 5) is 13.8. The van der Waals surface area contributed by atoms with Crippen LogP contribution in [0.25, 0.3) is 0 Å². The van der Waals surface area contributed by atoms with Crippen LogP contribution in [0.4, 0.5) is 8.78 Å². The molecule has 1 aromatic heterocycles. The molecule has 0 amide bonds. The Morgan fingerprint density at radius 3 is 2.60 bits per heavy atom. The van der Waals surface area contributed by atoms with Crippen molar-refractivity contribution in [3.8, 4) is 11.5 Å². The minimum absolute atomic E-state index is 0.572. The summed E-state index contributed by atoms with van der Waals surface area (Å²) in [5.74, 6) is -2.81. The minimum Gasteiger partial charge on any atom is -0.503 e. The van der Waals surface area contributed by atoms with Crippen molar-refractivity contribution in [1.29, 1.82) is 0 Å². The predicted molar refractivity (Wildman–Crippen MR) is 44.4 cm³/mol. The number of rotatable bonds is 3. The van der Waals surface area contributed by atoms with E-state index in [0.29, 0.717) is 0 Å². The Morgan fingerprint density at radius 1 is 1.60 bits per heavy atom. The number of halogens is 2. The second kappa shape index (κ2) is 4.07. The SMILES string of the molecule is COc1c(O)cnc(C(=O)O)c1C(F)F. The summed E-state index contributed by atoms with van der Waals surface area (Å²) >= 11 is 0. The van der Waals surface area contributed by atoms with Gasteiger partial charge in [0.1, 0.15) is 0 Å². The normalized spacial score (nSPS) is 10.4. The Kier molecular flexibility index (Phi) is 3.03. The van der Waals surface area contributed by atoms with Crippen molar-refractivity contribution in [2.75, 3.05) is 7.11 Å². The summed E-state index contributed by atoms with van der Waals surface area (Å²) in [5.41, 5.74) is -1.76. The van der Waals surface area contributed by atoms with Crippen molar-refractivity contribution in [3.63, 3.8) is 0 Å². The Labute approximate surface area is 82.9 Å². The number of aromatic hydroxyl groups is 1. The van der Waals surface area contributed by atoms with Crippen LogP contribution in [0.3, 0.4) is 0 Å². The Morgan fingerprint density at radius 2 is 2.20 bits per heavy atom. The zero-order chi connectivity index (χ0) is 11.6. The molecule has 0 atom stereocenters. The fraction of sp³-hybridized carbons (Fsp3) is 0.250. The standard InChI is InChI=1S/C8H7F2NO4/c1-15-6-3(12)2-11-5(8(13)14)4(6)7(9)10/h2,7,12H,1H3,(H,13,14). The summed E-state index contributed by atoms with van der Waals surface area (Å²) in [6.45, 7) is 0. The molecular weight excluding hydrogens is 212 g/mol. The number of carboxylic acid groups (broad SMARTS) is 1. The lowest BCUT2D eigenvalue weighted by molar-refractivity contribution is 0.0675. The second-order valence-corrected chi connectivity index (χ2v) is 2.54. The molecule has 0 aromatic carbocycles. The highest BCUT2D eigenvalue weighted by atomic mass is 19.3. The maximum Gasteiger partial charge on any atom is 0.355 e. The van der Waals surface area contributed by atoms with Gasteiger partial charge in [0.25, 0.3) is 6.43 Å². The fourth-order valence-electron chi connectivity index (χ4n) is 1.09. The average molecular weight is 219 g/mol. The maximum absolute atomic E-state index is 12.5. The number of ether oxygens (including phenoxy) is 1. The molecule has 0 bridgehead atoms. The highest BCUT2D eigenvalue weighted by Gasteiger charge is 2.26. The Bertz CT molecular complexity index is 394. The minimum atomic E-state index is -3.09. The van der Waals surface area contributed by atoms with E-state index < -0.39 is 35.2 Å². The van der Waals surface area contributed by atoms with Crippen molar-refractivity contribution >= 4 is 5.97 Å². The van der Waals surface area contributed by atoms with Crippen LogP contribution < -0.4 is 4.74 Å². The molecule has 1 rings (SSSR count). The lowest BCUT2D eigenvalue weighted by Crippen LogP contribution is -2.08. The van der Waals surface area contributed by atoms with E-state index in [1.165, 1.54) is 0 Å². The van der Waals surface area contributed by atoms with Crippen LogP contribution in [0.2, 0.25) is 0 Å². The van der Waals surface area contributed by atoms with Gasteiger partial charge in [-0.25, -0.2) is 18.6 Å². The van der Waals surface area contributed by atoms with E-state index in [1.54, 1.807) is 0 Å². The molecule has 0 aliphatic rings. The zero-order valence-corrected chi connectivity index (χ0v) is 7.57. The molecule has 0 unspecified atom stereocenters. The molecule has 0 radical (unpaired) electrons. The Balaban J connectivity index is 3.49. The molecule has 0 spiro atoms. The van der Waals surface area contributed by atoms with Gasteiger partial charge in [0.05, 0.1) is 18.9 Å². The van der Waals surface area contributed by atoms with Crippen molar-refractivity contribution < 1.29 is 28.5 Å². The number of nitrogens with zero attached hydrogens (tertiary/aromatic N) is 1. The average Bonchev–Trinajstić information content (AvgIpc) is 2.16. The van der Waals surface area contributed by atoms with Gasteiger partial charge in [-0.1, -0.05) is 0 Å². The molecule has 1 aromatic rings. The number of hydrogen-bond donors (Lipinski definition) is 2. The quantitative estimate of drug-likeness (QED) is 0.803. The van der Waals surface area contributed by atoms with Gasteiger partial charge in [0.15, 0.2) is 17.2 Å². The van der Waals surface area contributed by atoms with Gasteiger partial charge in [0, 0.05) is 0 Å². The number of hydrogen-bond acceptors (Lipinski definition) is 4. The van der Waals surface area contributed by atoms with Crippen LogP contribution in [0.15, 0.2) is 6.20 Å². The second-order valence-electron chi connectivity index (χ2n) is 2.54. The van der Waals surface area contributed by atoms with E-state index in [4.69, 9.17) is 10.2 Å². The van der Waals surface area contributed by atoms with Gasteiger partial charge in [-0.05, 0) is 0 Å². The number of pyridine rings is 1. The monoisotopic (exact) mass is 219 g/mol. The summed E-state index contributed by atoms with van der Waals surface area (Å²) < 4.78 is 29.5. The van der Waals surface area contributed by atoms with Crippen LogP contribution in [-0.2, 0) is 0 Å². The molecule has 2 N–H and O–H groups in total. The van der Waals surface area contributed by atoms with Crippen molar-refractivity contribution in [1.82, 2.24) is 4.98 Å². The third-order valence-corrected chi connectivity index (χ3v) is 1.67. The number of methoxy groups -OCH3 is 1. The molecule has 5 nitrogen and oxygen atoms in total. The number of carboxylic acids is 1. The predicted octanol–water partition coefficient (Wildman–Crippen LogP) is 1.43. The van der Waals surface area contributed by atoms with Gasteiger partial charge < -0.3 is 14.9 Å². The van der Waals surface area contributed by atoms with Crippen molar-refractivity contribution in [3.05, 3.63) is 17.5 Å². The van der Waals surface area contributed by atoms with E-state index in [0.717, 1.165) is 13.3 Å².